The van der Waals surface area contributed by atoms with E-state index in [0.717, 1.165) is 83.9 Å². The molecule has 57 heavy (non-hydrogen) atoms. The van der Waals surface area contributed by atoms with E-state index in [1.54, 1.807) is 19.3 Å². The Morgan fingerprint density at radius 3 is 2.16 bits per heavy atom. The summed E-state index contributed by atoms with van der Waals surface area (Å²) in [6, 6.07) is 3.95. The SMILES string of the molecule is CC.CC/C=C(/C=C\CC1(O)OC(CC/C(C)=C/COc2c(/C=C\C(C)=O)c(CCC)cc3occc23)C(C)(C)O1)C/C=C\COC/C=C(\C)CCC1OC1(C)C. The van der Waals surface area contributed by atoms with E-state index >= 15 is 0 Å². The van der Waals surface area contributed by atoms with Crippen LogP contribution in [0.1, 0.15) is 139 Å². The second-order valence-corrected chi connectivity index (χ2v) is 16.0. The number of benzene rings is 1. The number of epoxide rings is 1. The molecule has 2 aromatic rings. The summed E-state index contributed by atoms with van der Waals surface area (Å²) in [6.07, 6.45) is 27.0. The fourth-order valence-electron chi connectivity index (χ4n) is 6.92. The van der Waals surface area contributed by atoms with Crippen molar-refractivity contribution in [2.75, 3.05) is 19.8 Å². The van der Waals surface area contributed by atoms with E-state index in [1.807, 2.05) is 58.1 Å². The fourth-order valence-corrected chi connectivity index (χ4v) is 6.92. The van der Waals surface area contributed by atoms with E-state index in [-0.39, 0.29) is 23.9 Å². The zero-order valence-corrected chi connectivity index (χ0v) is 36.9. The number of fused-ring (bicyclic) bond motifs is 1. The van der Waals surface area contributed by atoms with Gasteiger partial charge in [-0.15, -0.1) is 0 Å². The highest BCUT2D eigenvalue weighted by Gasteiger charge is 2.50. The van der Waals surface area contributed by atoms with Gasteiger partial charge in [-0.2, -0.15) is 0 Å². The molecule has 0 radical (unpaired) electrons. The molecule has 1 aromatic heterocycles. The van der Waals surface area contributed by atoms with Gasteiger partial charge in [-0.3, -0.25) is 4.79 Å². The van der Waals surface area contributed by atoms with Gasteiger partial charge in [0.2, 0.25) is 0 Å². The number of hydrogen-bond acceptors (Lipinski definition) is 8. The molecule has 2 saturated heterocycles. The lowest BCUT2D eigenvalue weighted by Gasteiger charge is -2.23. The third-order valence-electron chi connectivity index (χ3n) is 10.2. The Bertz CT molecular complexity index is 1750. The molecular weight excluding hydrogens is 717 g/mol. The smallest absolute Gasteiger partial charge is 0.284 e. The van der Waals surface area contributed by atoms with Gasteiger partial charge < -0.3 is 33.2 Å². The highest BCUT2D eigenvalue weighted by Crippen LogP contribution is 2.41. The predicted octanol–water partition coefficient (Wildman–Crippen LogP) is 12.1. The maximum Gasteiger partial charge on any atom is 0.284 e. The summed E-state index contributed by atoms with van der Waals surface area (Å²) < 4.78 is 35.9. The van der Waals surface area contributed by atoms with Crippen LogP contribution in [0.25, 0.3) is 17.0 Å². The van der Waals surface area contributed by atoms with Crippen LogP contribution >= 0.6 is 0 Å². The Morgan fingerprint density at radius 1 is 0.860 bits per heavy atom. The van der Waals surface area contributed by atoms with Crippen molar-refractivity contribution in [1.29, 1.82) is 0 Å². The number of furan rings is 1. The van der Waals surface area contributed by atoms with Gasteiger partial charge >= 0.3 is 0 Å². The summed E-state index contributed by atoms with van der Waals surface area (Å²) in [7, 11) is 0. The third-order valence-corrected chi connectivity index (χ3v) is 10.2. The second-order valence-electron chi connectivity index (χ2n) is 16.0. The number of ether oxygens (including phenoxy) is 5. The summed E-state index contributed by atoms with van der Waals surface area (Å²) in [4.78, 5) is 11.8. The first kappa shape index (κ1) is 47.8. The lowest BCUT2D eigenvalue weighted by molar-refractivity contribution is -0.320. The highest BCUT2D eigenvalue weighted by atomic mass is 16.9. The van der Waals surface area contributed by atoms with Gasteiger partial charge in [-0.05, 0) is 135 Å². The molecule has 2 aliphatic heterocycles. The zero-order chi connectivity index (χ0) is 42.1. The van der Waals surface area contributed by atoms with E-state index < -0.39 is 11.6 Å². The first-order valence-electron chi connectivity index (χ1n) is 21.2. The molecule has 316 valence electrons. The molecule has 1 N–H and O–H groups in total. The van der Waals surface area contributed by atoms with Crippen LogP contribution in [0.3, 0.4) is 0 Å². The van der Waals surface area contributed by atoms with Crippen LogP contribution in [0.4, 0.5) is 0 Å². The number of aryl methyl sites for hydroxylation is 1. The number of ketones is 1. The molecule has 8 nitrogen and oxygen atoms in total. The van der Waals surface area contributed by atoms with Gasteiger partial charge in [0.15, 0.2) is 5.78 Å². The molecule has 3 unspecified atom stereocenters. The number of rotatable bonds is 23. The summed E-state index contributed by atoms with van der Waals surface area (Å²) in [5, 5.41) is 12.2. The van der Waals surface area contributed by atoms with Crippen LogP contribution < -0.4 is 4.74 Å². The van der Waals surface area contributed by atoms with Crippen LogP contribution in [0.2, 0.25) is 0 Å². The van der Waals surface area contributed by atoms with Crippen LogP contribution in [0.15, 0.2) is 88.1 Å². The lowest BCUT2D eigenvalue weighted by atomic mass is 9.96. The third kappa shape index (κ3) is 15.6. The first-order valence-corrected chi connectivity index (χ1v) is 21.2. The normalized spacial score (nSPS) is 22.2. The second kappa shape index (κ2) is 23.2. The molecule has 4 rings (SSSR count). The van der Waals surface area contributed by atoms with Crippen molar-refractivity contribution in [2.24, 2.45) is 0 Å². The molecule has 0 aliphatic carbocycles. The average molecular weight is 789 g/mol. The predicted molar refractivity (Wildman–Crippen MR) is 233 cm³/mol. The van der Waals surface area contributed by atoms with Gasteiger partial charge in [-0.1, -0.05) is 81.7 Å². The first-order chi connectivity index (χ1) is 27.2. The van der Waals surface area contributed by atoms with E-state index in [0.29, 0.717) is 32.3 Å². The van der Waals surface area contributed by atoms with Crippen LogP contribution in [0, 0.1) is 0 Å². The van der Waals surface area contributed by atoms with Gasteiger partial charge in [0, 0.05) is 12.0 Å². The van der Waals surface area contributed by atoms with Crippen molar-refractivity contribution in [3.05, 3.63) is 94.9 Å². The Morgan fingerprint density at radius 2 is 1.53 bits per heavy atom. The minimum absolute atomic E-state index is 0.0158. The summed E-state index contributed by atoms with van der Waals surface area (Å²) >= 11 is 0. The summed E-state index contributed by atoms with van der Waals surface area (Å²) in [5.41, 5.74) is 5.81. The molecule has 2 fully saturated rings. The Labute approximate surface area is 343 Å². The van der Waals surface area contributed by atoms with Crippen molar-refractivity contribution < 1.29 is 38.0 Å². The molecule has 8 heteroatoms. The van der Waals surface area contributed by atoms with Crippen molar-refractivity contribution in [2.45, 2.75) is 163 Å². The number of hydrogen-bond donors (Lipinski definition) is 1. The number of carbonyl (C=O) groups excluding carboxylic acids is 1. The van der Waals surface area contributed by atoms with Crippen molar-refractivity contribution >= 4 is 22.8 Å². The fraction of sp³-hybridized carbons (Fsp3) is 0.571. The maximum absolute atomic E-state index is 11.8. The van der Waals surface area contributed by atoms with Gasteiger partial charge in [0.05, 0.1) is 48.3 Å². The van der Waals surface area contributed by atoms with E-state index in [4.69, 9.17) is 28.1 Å². The average Bonchev–Trinajstić information content (AvgIpc) is 3.40. The quantitative estimate of drug-likeness (QED) is 0.0391. The molecular formula is C49H72O8. The monoisotopic (exact) mass is 789 g/mol. The molecule has 3 atom stereocenters. The Balaban J connectivity index is 0.00000428. The largest absolute Gasteiger partial charge is 0.488 e. The van der Waals surface area contributed by atoms with E-state index in [9.17, 15) is 9.90 Å². The standard InChI is InChI=1S/C47H66O8.C2H6/c1-10-15-37(17-12-13-29-50-30-25-34(3)19-23-42-45(6,7)53-42)18-14-28-47(49)54-43(46(8,9)55-47)24-20-35(4)26-31-52-44-39(22-21-36(5)48)38(16-11-2)33-41-40(44)27-32-51-41;1-2/h12-15,18,21-22,25-27,32-33,42-43,49H,10-11,16-17,19-20,23-24,28-31H2,1-9H3;1-2H3/b13-12-,18-14-,22-21-,34-25+,35-26+,37-15+;. The van der Waals surface area contributed by atoms with E-state index in [1.165, 1.54) is 5.57 Å². The van der Waals surface area contributed by atoms with Gasteiger partial charge in [0.25, 0.3) is 5.97 Å². The maximum atomic E-state index is 11.8. The van der Waals surface area contributed by atoms with Crippen molar-refractivity contribution in [3.63, 3.8) is 0 Å². The number of allylic oxidation sites excluding steroid dienone is 7. The van der Waals surface area contributed by atoms with Crippen molar-refractivity contribution in [1.82, 2.24) is 0 Å². The Hall–Kier alpha value is -3.53. The topological polar surface area (TPSA) is 99.9 Å². The molecule has 0 saturated carbocycles. The zero-order valence-electron chi connectivity index (χ0n) is 36.9. The molecule has 0 amide bonds. The number of carbonyl (C=O) groups is 1. The van der Waals surface area contributed by atoms with Crippen LogP contribution in [-0.4, -0.2) is 60.1 Å². The van der Waals surface area contributed by atoms with Crippen molar-refractivity contribution in [3.8, 4) is 5.75 Å². The Kier molecular flexibility index (Phi) is 19.4. The van der Waals surface area contributed by atoms with Crippen LogP contribution in [0.5, 0.6) is 5.75 Å². The highest BCUT2D eigenvalue weighted by molar-refractivity contribution is 5.95. The minimum Gasteiger partial charge on any atom is -0.488 e. The summed E-state index contributed by atoms with van der Waals surface area (Å²) in [5.74, 6) is -0.986. The van der Waals surface area contributed by atoms with Gasteiger partial charge in [-0.25, -0.2) is 0 Å². The molecule has 3 heterocycles. The molecule has 0 bridgehead atoms. The number of aliphatic hydroxyl groups is 1. The summed E-state index contributed by atoms with van der Waals surface area (Å²) in [6.45, 7) is 23.8. The minimum atomic E-state index is -1.69. The molecule has 0 spiro atoms. The molecule has 1 aromatic carbocycles. The van der Waals surface area contributed by atoms with Gasteiger partial charge in [0.1, 0.15) is 17.9 Å². The van der Waals surface area contributed by atoms with E-state index in [2.05, 4.69) is 71.9 Å². The lowest BCUT2D eigenvalue weighted by Crippen LogP contribution is -2.34. The molecule has 2 aliphatic rings. The van der Waals surface area contributed by atoms with Crippen LogP contribution in [-0.2, 0) is 30.2 Å².